The van der Waals surface area contributed by atoms with E-state index in [1.54, 1.807) is 0 Å². The molecule has 0 saturated heterocycles. The van der Waals surface area contributed by atoms with Gasteiger partial charge in [-0.05, 0) is 49.1 Å². The predicted octanol–water partition coefficient (Wildman–Crippen LogP) is 4.64. The molecule has 2 atom stereocenters. The van der Waals surface area contributed by atoms with Crippen molar-refractivity contribution in [2.24, 2.45) is 0 Å². The zero-order chi connectivity index (χ0) is 15.9. The Labute approximate surface area is 132 Å². The van der Waals surface area contributed by atoms with E-state index in [2.05, 4.69) is 36.6 Å². The van der Waals surface area contributed by atoms with Crippen LogP contribution < -0.4 is 10.6 Å². The van der Waals surface area contributed by atoms with Gasteiger partial charge >= 0.3 is 0 Å². The third kappa shape index (κ3) is 4.35. The summed E-state index contributed by atoms with van der Waals surface area (Å²) in [5.74, 6) is 0.519. The van der Waals surface area contributed by atoms with E-state index in [1.807, 2.05) is 49.4 Å². The molecule has 0 bridgehead atoms. The summed E-state index contributed by atoms with van der Waals surface area (Å²) in [4.78, 5) is 12.2. The van der Waals surface area contributed by atoms with E-state index in [4.69, 9.17) is 0 Å². The summed E-state index contributed by atoms with van der Waals surface area (Å²) in [6.45, 7) is 6.27. The maximum atomic E-state index is 12.2. The Morgan fingerprint density at radius 2 is 1.59 bits per heavy atom. The molecule has 0 aliphatic carbocycles. The highest BCUT2D eigenvalue weighted by Gasteiger charge is 2.12. The first-order chi connectivity index (χ1) is 10.6. The number of anilines is 2. The van der Waals surface area contributed by atoms with E-state index < -0.39 is 0 Å². The zero-order valence-electron chi connectivity index (χ0n) is 13.5. The van der Waals surface area contributed by atoms with E-state index in [1.165, 1.54) is 5.56 Å². The maximum absolute atomic E-state index is 12.2. The summed E-state index contributed by atoms with van der Waals surface area (Å²) in [5, 5.41) is 6.13. The third-order valence-electron chi connectivity index (χ3n) is 3.91. The molecule has 0 aliphatic rings. The van der Waals surface area contributed by atoms with E-state index >= 15 is 0 Å². The lowest BCUT2D eigenvalue weighted by Crippen LogP contribution is -2.31. The van der Waals surface area contributed by atoms with Crippen LogP contribution >= 0.6 is 0 Å². The minimum absolute atomic E-state index is 0.0443. The number of carbonyl (C=O) groups excluding carboxylic acids is 1. The monoisotopic (exact) mass is 296 g/mol. The van der Waals surface area contributed by atoms with Crippen LogP contribution in [0.4, 0.5) is 11.4 Å². The number of hydrogen-bond acceptors (Lipinski definition) is 2. The number of nitrogens with one attached hydrogen (secondary N) is 2. The van der Waals surface area contributed by atoms with Gasteiger partial charge in [0, 0.05) is 11.4 Å². The standard InChI is InChI=1S/C19H24N2O/c1-4-14(2)16-10-12-18(13-11-16)20-15(3)19(22)21-17-8-6-5-7-9-17/h5-15,20H,4H2,1-3H3,(H,21,22)/t14-,15+/m1/s1. The average Bonchev–Trinajstić information content (AvgIpc) is 2.55. The molecule has 0 radical (unpaired) electrons. The zero-order valence-corrected chi connectivity index (χ0v) is 13.5. The van der Waals surface area contributed by atoms with Gasteiger partial charge in [-0.3, -0.25) is 4.79 Å². The van der Waals surface area contributed by atoms with Crippen molar-refractivity contribution in [2.45, 2.75) is 39.2 Å². The van der Waals surface area contributed by atoms with Crippen LogP contribution in [-0.2, 0) is 4.79 Å². The van der Waals surface area contributed by atoms with Gasteiger partial charge in [0.05, 0.1) is 0 Å². The lowest BCUT2D eigenvalue weighted by Gasteiger charge is -2.16. The molecule has 0 saturated carbocycles. The van der Waals surface area contributed by atoms with Gasteiger partial charge in [0.2, 0.25) is 5.91 Å². The Morgan fingerprint density at radius 1 is 0.955 bits per heavy atom. The Balaban J connectivity index is 1.93. The molecule has 0 aliphatic heterocycles. The van der Waals surface area contributed by atoms with Gasteiger partial charge in [-0.25, -0.2) is 0 Å². The molecule has 1 amide bonds. The number of rotatable bonds is 6. The lowest BCUT2D eigenvalue weighted by molar-refractivity contribution is -0.116. The SMILES string of the molecule is CC[C@@H](C)c1ccc(N[C@@H](C)C(=O)Nc2ccccc2)cc1. The molecule has 0 spiro atoms. The van der Waals surface area contributed by atoms with Crippen molar-refractivity contribution < 1.29 is 4.79 Å². The Hall–Kier alpha value is -2.29. The number of para-hydroxylation sites is 1. The Bertz CT molecular complexity index is 593. The van der Waals surface area contributed by atoms with Crippen LogP contribution in [-0.4, -0.2) is 11.9 Å². The second kappa shape index (κ2) is 7.64. The molecule has 2 rings (SSSR count). The average molecular weight is 296 g/mol. The lowest BCUT2D eigenvalue weighted by atomic mass is 9.98. The van der Waals surface area contributed by atoms with Gasteiger partial charge in [-0.15, -0.1) is 0 Å². The number of benzene rings is 2. The van der Waals surface area contributed by atoms with Crippen LogP contribution in [0.2, 0.25) is 0 Å². The van der Waals surface area contributed by atoms with E-state index in [-0.39, 0.29) is 11.9 Å². The van der Waals surface area contributed by atoms with Crippen molar-refractivity contribution in [1.29, 1.82) is 0 Å². The largest absolute Gasteiger partial charge is 0.374 e. The molecule has 22 heavy (non-hydrogen) atoms. The normalized spacial score (nSPS) is 13.2. The van der Waals surface area contributed by atoms with Crippen LogP contribution in [0.5, 0.6) is 0 Å². The van der Waals surface area contributed by atoms with E-state index in [0.717, 1.165) is 17.8 Å². The maximum Gasteiger partial charge on any atom is 0.246 e. The first-order valence-electron chi connectivity index (χ1n) is 7.82. The molecule has 3 heteroatoms. The second-order valence-corrected chi connectivity index (χ2v) is 5.65. The van der Waals surface area contributed by atoms with E-state index in [9.17, 15) is 4.79 Å². The minimum Gasteiger partial charge on any atom is -0.374 e. The first-order valence-corrected chi connectivity index (χ1v) is 7.82. The molecule has 2 aromatic rings. The van der Waals surface area contributed by atoms with Crippen LogP contribution in [0.15, 0.2) is 54.6 Å². The fourth-order valence-electron chi connectivity index (χ4n) is 2.23. The molecule has 3 nitrogen and oxygen atoms in total. The molecule has 2 aromatic carbocycles. The minimum atomic E-state index is -0.297. The summed E-state index contributed by atoms with van der Waals surface area (Å²) in [7, 11) is 0. The van der Waals surface area contributed by atoms with E-state index in [0.29, 0.717) is 5.92 Å². The van der Waals surface area contributed by atoms with Crippen LogP contribution in [0, 0.1) is 0 Å². The molecule has 116 valence electrons. The van der Waals surface area contributed by atoms with Gasteiger partial charge in [0.1, 0.15) is 6.04 Å². The van der Waals surface area contributed by atoms with Crippen molar-refractivity contribution in [2.75, 3.05) is 10.6 Å². The number of carbonyl (C=O) groups is 1. The van der Waals surface area contributed by atoms with Crippen LogP contribution in [0.25, 0.3) is 0 Å². The smallest absolute Gasteiger partial charge is 0.246 e. The number of amides is 1. The van der Waals surface area contributed by atoms with Crippen LogP contribution in [0.3, 0.4) is 0 Å². The summed E-state index contributed by atoms with van der Waals surface area (Å²) in [6, 6.07) is 17.5. The fraction of sp³-hybridized carbons (Fsp3) is 0.316. The third-order valence-corrected chi connectivity index (χ3v) is 3.91. The van der Waals surface area contributed by atoms with Gasteiger partial charge < -0.3 is 10.6 Å². The Morgan fingerprint density at radius 3 is 2.18 bits per heavy atom. The van der Waals surface area contributed by atoms with Gasteiger partial charge in [0.15, 0.2) is 0 Å². The summed E-state index contributed by atoms with van der Waals surface area (Å²) < 4.78 is 0. The van der Waals surface area contributed by atoms with Gasteiger partial charge in [-0.2, -0.15) is 0 Å². The summed E-state index contributed by atoms with van der Waals surface area (Å²) in [6.07, 6.45) is 1.13. The highest BCUT2D eigenvalue weighted by atomic mass is 16.2. The molecular formula is C19H24N2O. The van der Waals surface area contributed by atoms with Crippen molar-refractivity contribution in [3.05, 3.63) is 60.2 Å². The highest BCUT2D eigenvalue weighted by Crippen LogP contribution is 2.20. The highest BCUT2D eigenvalue weighted by molar-refractivity contribution is 5.96. The van der Waals surface area contributed by atoms with Crippen molar-refractivity contribution in [3.63, 3.8) is 0 Å². The fourth-order valence-corrected chi connectivity index (χ4v) is 2.23. The predicted molar refractivity (Wildman–Crippen MR) is 93.3 cm³/mol. The molecule has 2 N–H and O–H groups in total. The quantitative estimate of drug-likeness (QED) is 0.815. The van der Waals surface area contributed by atoms with Crippen molar-refractivity contribution in [1.82, 2.24) is 0 Å². The summed E-state index contributed by atoms with van der Waals surface area (Å²) >= 11 is 0. The summed E-state index contributed by atoms with van der Waals surface area (Å²) in [5.41, 5.74) is 3.10. The van der Waals surface area contributed by atoms with Crippen molar-refractivity contribution >= 4 is 17.3 Å². The first kappa shape index (κ1) is 16.1. The number of hydrogen-bond donors (Lipinski definition) is 2. The molecule has 0 fully saturated rings. The topological polar surface area (TPSA) is 41.1 Å². The molecular weight excluding hydrogens is 272 g/mol. The molecule has 0 heterocycles. The Kier molecular flexibility index (Phi) is 5.59. The van der Waals surface area contributed by atoms with Crippen molar-refractivity contribution in [3.8, 4) is 0 Å². The van der Waals surface area contributed by atoms with Gasteiger partial charge in [0.25, 0.3) is 0 Å². The van der Waals surface area contributed by atoms with Crippen LogP contribution in [0.1, 0.15) is 38.7 Å². The molecule has 0 unspecified atom stereocenters. The second-order valence-electron chi connectivity index (χ2n) is 5.65. The molecule has 0 aromatic heterocycles. The van der Waals surface area contributed by atoms with Gasteiger partial charge in [-0.1, -0.05) is 44.2 Å².